The van der Waals surface area contributed by atoms with Crippen LogP contribution in [0.4, 0.5) is 20.3 Å². The lowest BCUT2D eigenvalue weighted by Crippen LogP contribution is -2.38. The number of benzene rings is 2. The quantitative estimate of drug-likeness (QED) is 0.373. The van der Waals surface area contributed by atoms with Crippen molar-refractivity contribution in [2.75, 3.05) is 18.4 Å². The van der Waals surface area contributed by atoms with Gasteiger partial charge in [0.25, 0.3) is 5.91 Å². The Kier molecular flexibility index (Phi) is 6.80. The molecule has 3 heterocycles. The Morgan fingerprint density at radius 3 is 2.47 bits per heavy atom. The number of nitrogens with zero attached hydrogens (tertiary/aromatic N) is 4. The molecule has 2 aromatic carbocycles. The number of fused-ring (bicyclic) bond motifs is 1. The topological polar surface area (TPSA) is 123 Å². The minimum absolute atomic E-state index is 0.0513. The monoisotopic (exact) mass is 560 g/mol. The number of anilines is 2. The van der Waals surface area contributed by atoms with Gasteiger partial charge in [-0.1, -0.05) is 23.7 Å². The summed E-state index contributed by atoms with van der Waals surface area (Å²) in [5, 5.41) is 12.5. The Morgan fingerprint density at radius 2 is 1.82 bits per heavy atom. The predicted molar refractivity (Wildman–Crippen MR) is 138 cm³/mol. The van der Waals surface area contributed by atoms with E-state index in [1.807, 2.05) is 0 Å². The van der Waals surface area contributed by atoms with E-state index in [9.17, 15) is 22.0 Å². The summed E-state index contributed by atoms with van der Waals surface area (Å²) in [6.07, 6.45) is 3.65. The number of nitrogens with one attached hydrogen (secondary N) is 1. The van der Waals surface area contributed by atoms with E-state index in [0.29, 0.717) is 31.5 Å². The van der Waals surface area contributed by atoms with Gasteiger partial charge in [-0.2, -0.15) is 9.61 Å². The second-order valence-electron chi connectivity index (χ2n) is 9.13. The Morgan fingerprint density at radius 1 is 1.13 bits per heavy atom. The summed E-state index contributed by atoms with van der Waals surface area (Å²) in [6.45, 7) is 2.44. The largest absolute Gasteiger partial charge is 0.338 e. The molecule has 4 aromatic rings. The van der Waals surface area contributed by atoms with Gasteiger partial charge in [0.05, 0.1) is 16.9 Å². The maximum Gasteiger partial charge on any atom is 0.259 e. The summed E-state index contributed by atoms with van der Waals surface area (Å²) < 4.78 is 52.6. The van der Waals surface area contributed by atoms with Crippen molar-refractivity contribution < 1.29 is 22.0 Å². The summed E-state index contributed by atoms with van der Waals surface area (Å²) in [5.41, 5.74) is 1.63. The molecule has 1 aliphatic heterocycles. The Labute approximate surface area is 222 Å². The number of halogens is 3. The number of hydrogen-bond donors (Lipinski definition) is 2. The molecule has 0 aliphatic carbocycles. The van der Waals surface area contributed by atoms with Crippen LogP contribution in [0, 0.1) is 18.6 Å². The lowest BCUT2D eigenvalue weighted by molar-refractivity contribution is 0.0713. The first-order valence-electron chi connectivity index (χ1n) is 11.7. The van der Waals surface area contributed by atoms with Crippen LogP contribution in [0.25, 0.3) is 5.65 Å². The molecule has 0 unspecified atom stereocenters. The van der Waals surface area contributed by atoms with Crippen LogP contribution >= 0.6 is 11.6 Å². The molecule has 0 bridgehead atoms. The highest BCUT2D eigenvalue weighted by molar-refractivity contribution is 7.89. The van der Waals surface area contributed by atoms with Crippen LogP contribution in [0.2, 0.25) is 5.02 Å². The smallest absolute Gasteiger partial charge is 0.259 e. The highest BCUT2D eigenvalue weighted by atomic mass is 35.5. The van der Waals surface area contributed by atoms with Crippen LogP contribution in [0.3, 0.4) is 0 Å². The Bertz CT molecular complexity index is 1650. The number of nitrogens with two attached hydrogens (primary N) is 1. The average Bonchev–Trinajstić information content (AvgIpc) is 3.33. The number of rotatable bonds is 5. The number of carbonyl (C=O) groups is 1. The number of aromatic nitrogens is 3. The second-order valence-corrected chi connectivity index (χ2v) is 11.1. The van der Waals surface area contributed by atoms with Gasteiger partial charge in [0.1, 0.15) is 27.9 Å². The van der Waals surface area contributed by atoms with Gasteiger partial charge in [0.15, 0.2) is 5.65 Å². The number of sulfonamides is 1. The van der Waals surface area contributed by atoms with E-state index in [-0.39, 0.29) is 50.3 Å². The summed E-state index contributed by atoms with van der Waals surface area (Å²) in [4.78, 5) is 19.2. The van der Waals surface area contributed by atoms with Crippen molar-refractivity contribution in [2.24, 2.45) is 5.14 Å². The van der Waals surface area contributed by atoms with Crippen molar-refractivity contribution in [3.8, 4) is 0 Å². The Hall–Kier alpha value is -3.61. The highest BCUT2D eigenvalue weighted by Crippen LogP contribution is 2.33. The summed E-state index contributed by atoms with van der Waals surface area (Å²) >= 11 is 6.26. The van der Waals surface area contributed by atoms with E-state index < -0.39 is 15.8 Å². The van der Waals surface area contributed by atoms with Crippen LogP contribution < -0.4 is 10.5 Å². The molecule has 2 aromatic heterocycles. The molecule has 0 spiro atoms. The fourth-order valence-electron chi connectivity index (χ4n) is 4.59. The van der Waals surface area contributed by atoms with Crippen LogP contribution in [0.15, 0.2) is 53.7 Å². The first-order valence-corrected chi connectivity index (χ1v) is 13.6. The highest BCUT2D eigenvalue weighted by Gasteiger charge is 2.29. The number of likely N-dealkylation sites (tertiary alicyclic amines) is 1. The molecule has 5 rings (SSSR count). The van der Waals surface area contributed by atoms with E-state index in [4.69, 9.17) is 16.7 Å². The van der Waals surface area contributed by atoms with E-state index in [1.165, 1.54) is 24.4 Å². The van der Waals surface area contributed by atoms with Gasteiger partial charge in [0.2, 0.25) is 10.0 Å². The van der Waals surface area contributed by atoms with Crippen molar-refractivity contribution in [3.63, 3.8) is 0 Å². The van der Waals surface area contributed by atoms with Crippen LogP contribution in [0.5, 0.6) is 0 Å². The minimum atomic E-state index is -4.15. The predicted octanol–water partition coefficient (Wildman–Crippen LogP) is 4.38. The molecular formula is C25H23ClF2N6O3S. The fraction of sp³-hybridized carbons (Fsp3) is 0.240. The molecule has 13 heteroatoms. The molecule has 1 fully saturated rings. The van der Waals surface area contributed by atoms with Crippen molar-refractivity contribution in [2.45, 2.75) is 30.6 Å². The zero-order chi connectivity index (χ0) is 27.2. The molecule has 38 heavy (non-hydrogen) atoms. The standard InChI is InChI=1S/C25H23ClF2N6O3S/c1-14-10-21(19(26)11-20(14)28)32-23-18(12-30-24-22(38(29,36)37)13-31-34(23)24)25(35)33-8-6-16(7-9-33)15-2-4-17(27)5-3-15/h2-5,10-13,16,32H,6-9H2,1H3,(H2,29,36,37). The molecule has 9 nitrogen and oxygen atoms in total. The maximum absolute atomic E-state index is 14.0. The van der Waals surface area contributed by atoms with Crippen LogP contribution in [-0.2, 0) is 10.0 Å². The minimum Gasteiger partial charge on any atom is -0.338 e. The van der Waals surface area contributed by atoms with Crippen LogP contribution in [-0.4, -0.2) is 46.9 Å². The molecule has 1 aliphatic rings. The van der Waals surface area contributed by atoms with Gasteiger partial charge in [-0.25, -0.2) is 27.3 Å². The van der Waals surface area contributed by atoms with Gasteiger partial charge in [-0.15, -0.1) is 0 Å². The van der Waals surface area contributed by atoms with Crippen molar-refractivity contribution in [1.82, 2.24) is 19.5 Å². The van der Waals surface area contributed by atoms with E-state index in [1.54, 1.807) is 24.0 Å². The molecule has 3 N–H and O–H groups in total. The second kappa shape index (κ2) is 9.93. The SMILES string of the molecule is Cc1cc(Nc2c(C(=O)N3CCC(c4ccc(F)cc4)CC3)cnc3c(S(N)(=O)=O)cnn23)c(Cl)cc1F. The lowest BCUT2D eigenvalue weighted by Gasteiger charge is -2.32. The summed E-state index contributed by atoms with van der Waals surface area (Å²) in [6, 6.07) is 8.97. The Balaban J connectivity index is 1.51. The van der Waals surface area contributed by atoms with Gasteiger partial charge in [-0.05, 0) is 61.1 Å². The molecule has 198 valence electrons. The van der Waals surface area contributed by atoms with E-state index in [2.05, 4.69) is 15.4 Å². The molecule has 0 atom stereocenters. The van der Waals surface area contributed by atoms with Crippen molar-refractivity contribution >= 4 is 44.7 Å². The number of primary sulfonamides is 1. The average molecular weight is 561 g/mol. The van der Waals surface area contributed by atoms with E-state index in [0.717, 1.165) is 22.3 Å². The lowest BCUT2D eigenvalue weighted by atomic mass is 9.89. The summed E-state index contributed by atoms with van der Waals surface area (Å²) in [5.74, 6) is -0.880. The van der Waals surface area contributed by atoms with Gasteiger partial charge in [-0.3, -0.25) is 4.79 Å². The number of hydrogen-bond acceptors (Lipinski definition) is 6. The van der Waals surface area contributed by atoms with Gasteiger partial charge in [0, 0.05) is 19.3 Å². The molecule has 1 saturated heterocycles. The summed E-state index contributed by atoms with van der Waals surface area (Å²) in [7, 11) is -4.15. The first kappa shape index (κ1) is 26.0. The van der Waals surface area contributed by atoms with Crippen molar-refractivity contribution in [3.05, 3.63) is 82.1 Å². The number of aryl methyl sites for hydroxylation is 1. The van der Waals surface area contributed by atoms with E-state index >= 15 is 0 Å². The molecule has 1 amide bonds. The zero-order valence-electron chi connectivity index (χ0n) is 20.2. The third kappa shape index (κ3) is 4.94. The molecular weight excluding hydrogens is 538 g/mol. The number of piperidine rings is 1. The third-order valence-corrected chi connectivity index (χ3v) is 7.87. The van der Waals surface area contributed by atoms with Crippen molar-refractivity contribution in [1.29, 1.82) is 0 Å². The van der Waals surface area contributed by atoms with Gasteiger partial charge < -0.3 is 10.2 Å². The van der Waals surface area contributed by atoms with Crippen LogP contribution in [0.1, 0.15) is 40.2 Å². The number of carbonyl (C=O) groups excluding carboxylic acids is 1. The molecule has 0 saturated carbocycles. The maximum atomic E-state index is 14.0. The number of amides is 1. The first-order chi connectivity index (χ1) is 18.0. The third-order valence-electron chi connectivity index (χ3n) is 6.66. The molecule has 0 radical (unpaired) electrons. The fourth-order valence-corrected chi connectivity index (χ4v) is 5.37. The normalized spacial score (nSPS) is 14.7. The van der Waals surface area contributed by atoms with Gasteiger partial charge >= 0.3 is 0 Å². The zero-order valence-corrected chi connectivity index (χ0v) is 21.7.